The summed E-state index contributed by atoms with van der Waals surface area (Å²) >= 11 is 0. The third kappa shape index (κ3) is 45.3. The van der Waals surface area contributed by atoms with Crippen LogP contribution in [0.5, 0.6) is 0 Å². The molecule has 0 aliphatic carbocycles. The largest absolute Gasteiger partial charge is 0.479 e. The van der Waals surface area contributed by atoms with Crippen molar-refractivity contribution in [2.24, 2.45) is 0 Å². The van der Waals surface area contributed by atoms with E-state index in [4.69, 9.17) is 23.7 Å². The summed E-state index contributed by atoms with van der Waals surface area (Å²) in [4.78, 5) is 51.2. The van der Waals surface area contributed by atoms with Crippen LogP contribution >= 0.6 is 0 Å². The lowest BCUT2D eigenvalue weighted by molar-refractivity contribution is -0.301. The van der Waals surface area contributed by atoms with Crippen LogP contribution < -0.4 is 0 Å². The number of carboxylic acid groups (broad SMARTS) is 1. The average molecular weight is 1130 g/mol. The van der Waals surface area contributed by atoms with E-state index in [1.807, 2.05) is 18.2 Å². The van der Waals surface area contributed by atoms with E-state index in [0.717, 1.165) is 103 Å². The number of allylic oxidation sites excluding steroid dienone is 19. The van der Waals surface area contributed by atoms with Gasteiger partial charge in [-0.05, 0) is 109 Å². The van der Waals surface area contributed by atoms with E-state index in [9.17, 15) is 34.5 Å². The number of ether oxygens (including phenoxy) is 5. The Hall–Kier alpha value is -4.88. The first-order valence-corrected chi connectivity index (χ1v) is 31.5. The van der Waals surface area contributed by atoms with E-state index < -0.39 is 67.3 Å². The van der Waals surface area contributed by atoms with Crippen molar-refractivity contribution in [3.05, 3.63) is 122 Å². The Labute approximate surface area is 490 Å². The Kier molecular flexibility index (Phi) is 50.9. The lowest BCUT2D eigenvalue weighted by Crippen LogP contribution is -2.61. The van der Waals surface area contributed by atoms with Gasteiger partial charge in [0.05, 0.1) is 13.0 Å². The summed E-state index contributed by atoms with van der Waals surface area (Å²) < 4.78 is 28.3. The van der Waals surface area contributed by atoms with Crippen LogP contribution in [0.4, 0.5) is 0 Å². The maximum absolute atomic E-state index is 13.1. The summed E-state index contributed by atoms with van der Waals surface area (Å²) in [5.41, 5.74) is 0. The van der Waals surface area contributed by atoms with Gasteiger partial charge in [-0.1, -0.05) is 232 Å². The topological polar surface area (TPSA) is 175 Å². The quantitative estimate of drug-likeness (QED) is 0.0228. The fourth-order valence-corrected chi connectivity index (χ4v) is 8.78. The van der Waals surface area contributed by atoms with Crippen LogP contribution in [-0.4, -0.2) is 89.2 Å². The highest BCUT2D eigenvalue weighted by Gasteiger charge is 2.50. The normalized spacial score (nSPS) is 18.6. The van der Waals surface area contributed by atoms with E-state index in [0.29, 0.717) is 19.3 Å². The Morgan fingerprint density at radius 1 is 0.432 bits per heavy atom. The Morgan fingerprint density at radius 3 is 1.26 bits per heavy atom. The number of rotatable bonds is 52. The third-order valence-electron chi connectivity index (χ3n) is 13.5. The molecule has 458 valence electrons. The number of carbonyl (C=O) groups excluding carboxylic acids is 3. The van der Waals surface area contributed by atoms with Gasteiger partial charge in [0.15, 0.2) is 24.6 Å². The van der Waals surface area contributed by atoms with Crippen molar-refractivity contribution in [1.29, 1.82) is 0 Å². The summed E-state index contributed by atoms with van der Waals surface area (Å²) in [6.45, 7) is 5.67. The average Bonchev–Trinajstić information content (AvgIpc) is 3.53. The minimum atomic E-state index is -1.93. The lowest BCUT2D eigenvalue weighted by Gasteiger charge is -2.40. The molecule has 0 bridgehead atoms. The van der Waals surface area contributed by atoms with E-state index >= 15 is 0 Å². The van der Waals surface area contributed by atoms with Gasteiger partial charge in [0.25, 0.3) is 0 Å². The standard InChI is InChI=1S/C69H110O12/c1-4-7-10-13-16-19-22-25-28-30-31-33-35-37-40-43-46-49-52-55-61(70)77-58-60(79-62(71)56-53-50-47-44-41-38-34-27-24-21-18-15-12-9-6-3)59-78-69-67(65(74)64(73)66(81-69)68(75)76)80-63(72)57-54-51-48-45-42-39-36-32-29-26-23-20-17-14-11-8-5-2/h8-9,11-12,17-18,20-21,25-29,34,36,39,41,44,50,53,60,64-67,69,73-74H,4-7,10,13-16,19,22-24,30-33,35,37-38,40,42-43,45-49,51-52,54-59H2,1-3H3,(H,75,76)/b11-8-,12-9-,20-17-,21-18-,28-25-,29-26-,34-27-,39-36-,44-41-,53-50-. The molecular weight excluding hydrogens is 1020 g/mol. The van der Waals surface area contributed by atoms with Crippen LogP contribution in [0.1, 0.15) is 239 Å². The second-order valence-electron chi connectivity index (χ2n) is 20.9. The van der Waals surface area contributed by atoms with Crippen molar-refractivity contribution in [3.63, 3.8) is 0 Å². The molecular formula is C69H110O12. The number of aliphatic hydroxyl groups is 2. The molecule has 0 aromatic heterocycles. The van der Waals surface area contributed by atoms with Gasteiger partial charge in [0.2, 0.25) is 0 Å². The molecule has 12 heteroatoms. The van der Waals surface area contributed by atoms with E-state index in [1.54, 1.807) is 6.08 Å². The highest BCUT2D eigenvalue weighted by molar-refractivity contribution is 5.74. The van der Waals surface area contributed by atoms with Crippen molar-refractivity contribution in [2.75, 3.05) is 13.2 Å². The lowest BCUT2D eigenvalue weighted by atomic mass is 9.98. The highest BCUT2D eigenvalue weighted by Crippen LogP contribution is 2.26. The predicted molar refractivity (Wildman–Crippen MR) is 330 cm³/mol. The summed E-state index contributed by atoms with van der Waals surface area (Å²) in [6, 6.07) is 0. The SMILES string of the molecule is CC/C=C\C/C=C\C/C=C\C/C=C\C/C=C\CC(=O)OC(COC(=O)CCCCCCCCCCC/C=C\CCCCCCCC)COC1OC(C(=O)O)C(O)C(O)C1OC(=O)CCCCCC/C=C\C/C=C\C/C=C\C/C=C\CC. The fourth-order valence-electron chi connectivity index (χ4n) is 8.78. The van der Waals surface area contributed by atoms with Gasteiger partial charge in [-0.25, -0.2) is 4.79 Å². The predicted octanol–water partition coefficient (Wildman–Crippen LogP) is 16.8. The number of aliphatic carboxylic acids is 1. The molecule has 0 spiro atoms. The maximum atomic E-state index is 13.1. The molecule has 12 nitrogen and oxygen atoms in total. The molecule has 1 aliphatic heterocycles. The molecule has 6 atom stereocenters. The molecule has 0 radical (unpaired) electrons. The fraction of sp³-hybridized carbons (Fsp3) is 0.652. The molecule has 81 heavy (non-hydrogen) atoms. The van der Waals surface area contributed by atoms with Crippen molar-refractivity contribution in [3.8, 4) is 0 Å². The molecule has 6 unspecified atom stereocenters. The number of hydrogen-bond donors (Lipinski definition) is 3. The Balaban J connectivity index is 2.73. The second kappa shape index (κ2) is 55.6. The zero-order valence-corrected chi connectivity index (χ0v) is 50.5. The Morgan fingerprint density at radius 2 is 0.815 bits per heavy atom. The first-order valence-electron chi connectivity index (χ1n) is 31.5. The van der Waals surface area contributed by atoms with Crippen LogP contribution in [0, 0.1) is 0 Å². The molecule has 1 saturated heterocycles. The highest BCUT2D eigenvalue weighted by atomic mass is 16.7. The van der Waals surface area contributed by atoms with Crippen LogP contribution in [0.15, 0.2) is 122 Å². The van der Waals surface area contributed by atoms with Crippen molar-refractivity contribution in [2.45, 2.75) is 276 Å². The summed E-state index contributed by atoms with van der Waals surface area (Å²) in [5.74, 6) is -3.33. The van der Waals surface area contributed by atoms with Gasteiger partial charge < -0.3 is 39.0 Å². The van der Waals surface area contributed by atoms with Gasteiger partial charge >= 0.3 is 23.9 Å². The smallest absolute Gasteiger partial charge is 0.335 e. The van der Waals surface area contributed by atoms with Gasteiger partial charge in [-0.2, -0.15) is 0 Å². The molecule has 1 rings (SSSR count). The molecule has 0 saturated carbocycles. The van der Waals surface area contributed by atoms with Crippen molar-refractivity contribution in [1.82, 2.24) is 0 Å². The Bertz CT molecular complexity index is 1870. The van der Waals surface area contributed by atoms with Gasteiger partial charge in [0.1, 0.15) is 18.8 Å². The number of carboxylic acids is 1. The van der Waals surface area contributed by atoms with E-state index in [2.05, 4.69) is 118 Å². The van der Waals surface area contributed by atoms with Crippen LogP contribution in [-0.2, 0) is 42.9 Å². The molecule has 1 heterocycles. The van der Waals surface area contributed by atoms with Crippen LogP contribution in [0.2, 0.25) is 0 Å². The maximum Gasteiger partial charge on any atom is 0.335 e. The first kappa shape index (κ1) is 74.1. The van der Waals surface area contributed by atoms with Crippen molar-refractivity contribution < 1.29 is 58.2 Å². The minimum absolute atomic E-state index is 0.0159. The third-order valence-corrected chi connectivity index (χ3v) is 13.5. The molecule has 0 amide bonds. The zero-order chi connectivity index (χ0) is 58.9. The van der Waals surface area contributed by atoms with Crippen LogP contribution in [0.3, 0.4) is 0 Å². The first-order chi connectivity index (χ1) is 39.6. The number of aliphatic hydroxyl groups excluding tert-OH is 2. The van der Waals surface area contributed by atoms with Crippen molar-refractivity contribution >= 4 is 23.9 Å². The number of hydrogen-bond acceptors (Lipinski definition) is 11. The number of unbranched alkanes of at least 4 members (excludes halogenated alkanes) is 19. The molecule has 0 aromatic carbocycles. The molecule has 0 aromatic rings. The summed E-state index contributed by atoms with van der Waals surface area (Å²) in [5, 5.41) is 31.5. The zero-order valence-electron chi connectivity index (χ0n) is 50.5. The molecule has 3 N–H and O–H groups in total. The summed E-state index contributed by atoms with van der Waals surface area (Å²) in [7, 11) is 0. The summed E-state index contributed by atoms with van der Waals surface area (Å²) in [6.07, 6.45) is 64.8. The van der Waals surface area contributed by atoms with Gasteiger partial charge in [-0.15, -0.1) is 0 Å². The second-order valence-corrected chi connectivity index (χ2v) is 20.9. The number of esters is 3. The monoisotopic (exact) mass is 1130 g/mol. The molecule has 1 aliphatic rings. The van der Waals surface area contributed by atoms with Crippen LogP contribution in [0.25, 0.3) is 0 Å². The van der Waals surface area contributed by atoms with E-state index in [1.165, 1.54) is 77.0 Å². The van der Waals surface area contributed by atoms with Gasteiger partial charge in [-0.3, -0.25) is 14.4 Å². The minimum Gasteiger partial charge on any atom is -0.479 e. The number of carbonyl (C=O) groups is 4. The van der Waals surface area contributed by atoms with E-state index in [-0.39, 0.29) is 25.9 Å². The van der Waals surface area contributed by atoms with Gasteiger partial charge in [0, 0.05) is 12.8 Å². The molecule has 1 fully saturated rings.